The zero-order chi connectivity index (χ0) is 22.2. The molecule has 0 aromatic heterocycles. The van der Waals surface area contributed by atoms with E-state index in [9.17, 15) is 9.59 Å². The second kappa shape index (κ2) is 10.7. The molecule has 3 aromatic carbocycles. The molecule has 31 heavy (non-hydrogen) atoms. The van der Waals surface area contributed by atoms with E-state index in [1.807, 2.05) is 72.8 Å². The third kappa shape index (κ3) is 5.90. The van der Waals surface area contributed by atoms with Crippen molar-refractivity contribution in [3.05, 3.63) is 78.4 Å². The summed E-state index contributed by atoms with van der Waals surface area (Å²) in [6.07, 6.45) is 1.51. The molecule has 0 fully saturated rings. The van der Waals surface area contributed by atoms with Crippen molar-refractivity contribution in [2.75, 3.05) is 18.9 Å². The highest BCUT2D eigenvalue weighted by Gasteiger charge is 2.29. The van der Waals surface area contributed by atoms with E-state index in [0.717, 1.165) is 16.3 Å². The van der Waals surface area contributed by atoms with Gasteiger partial charge in [0.25, 0.3) is 0 Å². The van der Waals surface area contributed by atoms with Crippen molar-refractivity contribution in [2.45, 2.75) is 31.3 Å². The molecule has 2 amide bonds. The molecule has 2 atom stereocenters. The number of hydrogen-bond acceptors (Lipinski definition) is 4. The van der Waals surface area contributed by atoms with E-state index >= 15 is 0 Å². The van der Waals surface area contributed by atoms with Crippen molar-refractivity contribution in [1.82, 2.24) is 4.90 Å². The highest BCUT2D eigenvalue weighted by molar-refractivity contribution is 5.99. The SMILES string of the molecule is CN(C(=O)C(N)Cc1ccccc1)C(CCCN)C(=O)Nc1ccc2ccccc2c1. The lowest BCUT2D eigenvalue weighted by atomic mass is 10.0. The number of carbonyl (C=O) groups is 2. The van der Waals surface area contributed by atoms with Gasteiger partial charge in [0.15, 0.2) is 0 Å². The summed E-state index contributed by atoms with van der Waals surface area (Å²) in [5.74, 6) is -0.508. The minimum Gasteiger partial charge on any atom is -0.332 e. The van der Waals surface area contributed by atoms with Crippen molar-refractivity contribution in [3.8, 4) is 0 Å². The summed E-state index contributed by atoms with van der Waals surface area (Å²) in [7, 11) is 1.63. The van der Waals surface area contributed by atoms with E-state index in [1.54, 1.807) is 7.05 Å². The first kappa shape index (κ1) is 22.5. The zero-order valence-electron chi connectivity index (χ0n) is 17.8. The molecule has 0 aliphatic rings. The van der Waals surface area contributed by atoms with Gasteiger partial charge in [0.1, 0.15) is 6.04 Å². The van der Waals surface area contributed by atoms with Crippen LogP contribution in [0.3, 0.4) is 0 Å². The number of fused-ring (bicyclic) bond motifs is 1. The minimum absolute atomic E-state index is 0.244. The fourth-order valence-corrected chi connectivity index (χ4v) is 3.67. The molecule has 0 bridgehead atoms. The fourth-order valence-electron chi connectivity index (χ4n) is 3.67. The molecule has 3 aromatic rings. The monoisotopic (exact) mass is 418 g/mol. The molecule has 0 aliphatic heterocycles. The Kier molecular flexibility index (Phi) is 7.76. The quantitative estimate of drug-likeness (QED) is 0.497. The van der Waals surface area contributed by atoms with E-state index in [4.69, 9.17) is 11.5 Å². The fraction of sp³-hybridized carbons (Fsp3) is 0.280. The molecule has 3 rings (SSSR count). The summed E-state index contributed by atoms with van der Waals surface area (Å²) in [6.45, 7) is 0.442. The Labute approximate surface area is 183 Å². The molecule has 162 valence electrons. The van der Waals surface area contributed by atoms with Gasteiger partial charge >= 0.3 is 0 Å². The van der Waals surface area contributed by atoms with Crippen LogP contribution in [0.15, 0.2) is 72.8 Å². The van der Waals surface area contributed by atoms with Crippen molar-refractivity contribution >= 4 is 28.3 Å². The first-order valence-corrected chi connectivity index (χ1v) is 10.6. The number of hydrogen-bond donors (Lipinski definition) is 3. The van der Waals surface area contributed by atoms with Crippen LogP contribution >= 0.6 is 0 Å². The Hall–Kier alpha value is -3.22. The van der Waals surface area contributed by atoms with Gasteiger partial charge in [0.05, 0.1) is 6.04 Å². The number of nitrogens with one attached hydrogen (secondary N) is 1. The number of amides is 2. The lowest BCUT2D eigenvalue weighted by molar-refractivity contribution is -0.138. The van der Waals surface area contributed by atoms with E-state index in [-0.39, 0.29) is 11.8 Å². The number of benzene rings is 3. The van der Waals surface area contributed by atoms with Crippen LogP contribution in [0.5, 0.6) is 0 Å². The molecule has 6 nitrogen and oxygen atoms in total. The highest BCUT2D eigenvalue weighted by Crippen LogP contribution is 2.20. The molecule has 0 saturated heterocycles. The van der Waals surface area contributed by atoms with Crippen LogP contribution in [0, 0.1) is 0 Å². The molecule has 0 aliphatic carbocycles. The molecule has 6 heteroatoms. The van der Waals surface area contributed by atoms with Crippen molar-refractivity contribution in [2.24, 2.45) is 11.5 Å². The lowest BCUT2D eigenvalue weighted by Crippen LogP contribution is -2.51. The van der Waals surface area contributed by atoms with E-state index in [2.05, 4.69) is 5.32 Å². The standard InChI is InChI=1S/C25H30N4O2/c1-29(25(31)22(27)16-18-8-3-2-4-9-18)23(12-7-15-26)24(30)28-21-14-13-19-10-5-6-11-20(19)17-21/h2-6,8-11,13-14,17,22-23H,7,12,15-16,26-27H2,1H3,(H,28,30). The molecule has 2 unspecified atom stereocenters. The normalized spacial score (nSPS) is 12.9. The Morgan fingerprint density at radius 1 is 0.968 bits per heavy atom. The second-order valence-corrected chi connectivity index (χ2v) is 7.74. The van der Waals surface area contributed by atoms with Crippen LogP contribution in [-0.2, 0) is 16.0 Å². The van der Waals surface area contributed by atoms with Gasteiger partial charge in [-0.1, -0.05) is 60.7 Å². The van der Waals surface area contributed by atoms with Gasteiger partial charge in [0, 0.05) is 12.7 Å². The summed E-state index contributed by atoms with van der Waals surface area (Å²) >= 11 is 0. The van der Waals surface area contributed by atoms with Gasteiger partial charge in [-0.25, -0.2) is 0 Å². The van der Waals surface area contributed by atoms with Crippen molar-refractivity contribution < 1.29 is 9.59 Å². The molecule has 0 spiro atoms. The summed E-state index contributed by atoms with van der Waals surface area (Å²) in [5, 5.41) is 5.08. The average molecular weight is 419 g/mol. The molecule has 0 heterocycles. The number of likely N-dealkylation sites (N-methyl/N-ethyl adjacent to an activating group) is 1. The smallest absolute Gasteiger partial charge is 0.247 e. The van der Waals surface area contributed by atoms with Gasteiger partial charge in [-0.05, 0) is 54.3 Å². The Morgan fingerprint density at radius 3 is 2.35 bits per heavy atom. The molecule has 0 saturated carbocycles. The number of rotatable bonds is 9. The molecular formula is C25H30N4O2. The third-order valence-electron chi connectivity index (χ3n) is 5.43. The second-order valence-electron chi connectivity index (χ2n) is 7.74. The molecule has 5 N–H and O–H groups in total. The number of nitrogens with two attached hydrogens (primary N) is 2. The summed E-state index contributed by atoms with van der Waals surface area (Å²) < 4.78 is 0. The molecule has 0 radical (unpaired) electrons. The lowest BCUT2D eigenvalue weighted by Gasteiger charge is -2.29. The van der Waals surface area contributed by atoms with Gasteiger partial charge in [0.2, 0.25) is 11.8 Å². The number of carbonyl (C=O) groups excluding carboxylic acids is 2. The average Bonchev–Trinajstić information content (AvgIpc) is 2.79. The number of nitrogens with zero attached hydrogens (tertiary/aromatic N) is 1. The Bertz CT molecular complexity index is 1020. The van der Waals surface area contributed by atoms with Gasteiger partial charge in [-0.3, -0.25) is 9.59 Å². The van der Waals surface area contributed by atoms with Crippen LogP contribution in [0.2, 0.25) is 0 Å². The first-order valence-electron chi connectivity index (χ1n) is 10.6. The van der Waals surface area contributed by atoms with Crippen LogP contribution in [0.1, 0.15) is 18.4 Å². The predicted octanol–water partition coefficient (Wildman–Crippen LogP) is 2.91. The predicted molar refractivity (Wildman–Crippen MR) is 126 cm³/mol. The first-order chi connectivity index (χ1) is 15.0. The van der Waals surface area contributed by atoms with E-state index < -0.39 is 12.1 Å². The maximum absolute atomic E-state index is 13.1. The largest absolute Gasteiger partial charge is 0.332 e. The van der Waals surface area contributed by atoms with Crippen LogP contribution < -0.4 is 16.8 Å². The van der Waals surface area contributed by atoms with E-state index in [1.165, 1.54) is 4.90 Å². The maximum Gasteiger partial charge on any atom is 0.247 e. The number of anilines is 1. The zero-order valence-corrected chi connectivity index (χ0v) is 17.8. The van der Waals surface area contributed by atoms with Crippen LogP contribution in [-0.4, -0.2) is 42.4 Å². The maximum atomic E-state index is 13.1. The van der Waals surface area contributed by atoms with Crippen LogP contribution in [0.25, 0.3) is 10.8 Å². The topological polar surface area (TPSA) is 101 Å². The summed E-state index contributed by atoms with van der Waals surface area (Å²) in [6, 6.07) is 21.9. The highest BCUT2D eigenvalue weighted by atomic mass is 16.2. The minimum atomic E-state index is -0.721. The van der Waals surface area contributed by atoms with Crippen molar-refractivity contribution in [1.29, 1.82) is 0 Å². The van der Waals surface area contributed by atoms with Gasteiger partial charge in [-0.15, -0.1) is 0 Å². The van der Waals surface area contributed by atoms with Crippen LogP contribution in [0.4, 0.5) is 5.69 Å². The molecular weight excluding hydrogens is 388 g/mol. The summed E-state index contributed by atoms with van der Waals surface area (Å²) in [4.78, 5) is 27.5. The Balaban J connectivity index is 1.72. The van der Waals surface area contributed by atoms with Crippen molar-refractivity contribution in [3.63, 3.8) is 0 Å². The Morgan fingerprint density at radius 2 is 1.65 bits per heavy atom. The van der Waals surface area contributed by atoms with E-state index in [0.29, 0.717) is 31.5 Å². The van der Waals surface area contributed by atoms with Gasteiger partial charge < -0.3 is 21.7 Å². The third-order valence-corrected chi connectivity index (χ3v) is 5.43. The van der Waals surface area contributed by atoms with Gasteiger partial charge in [-0.2, -0.15) is 0 Å². The summed E-state index contributed by atoms with van der Waals surface area (Å²) in [5.41, 5.74) is 13.5.